The van der Waals surface area contributed by atoms with Gasteiger partial charge in [-0.05, 0) is 26.2 Å². The standard InChI is InChI=1S/C15H20BrNO3/c1-9-10(2)20-11(3)15(9)13(16)8-12-6-4-5-7-14(12)17(18)19/h4-7,9-11,13,15H,8H2,1-3H3. The van der Waals surface area contributed by atoms with Crippen LogP contribution >= 0.6 is 15.9 Å². The molecular weight excluding hydrogens is 322 g/mol. The molecular formula is C15H20BrNO3. The van der Waals surface area contributed by atoms with Crippen LogP contribution in [0.4, 0.5) is 5.69 Å². The maximum Gasteiger partial charge on any atom is 0.272 e. The van der Waals surface area contributed by atoms with Crippen molar-refractivity contribution in [3.63, 3.8) is 0 Å². The number of hydrogen-bond acceptors (Lipinski definition) is 3. The Kier molecular flexibility index (Phi) is 4.81. The molecule has 4 nitrogen and oxygen atoms in total. The summed E-state index contributed by atoms with van der Waals surface area (Å²) in [5, 5.41) is 11.1. The van der Waals surface area contributed by atoms with Crippen LogP contribution in [0, 0.1) is 22.0 Å². The van der Waals surface area contributed by atoms with Crippen molar-refractivity contribution in [3.05, 3.63) is 39.9 Å². The first-order valence-corrected chi connectivity index (χ1v) is 7.85. The molecule has 0 radical (unpaired) electrons. The van der Waals surface area contributed by atoms with Gasteiger partial charge in [-0.15, -0.1) is 0 Å². The lowest BCUT2D eigenvalue weighted by atomic mass is 9.84. The summed E-state index contributed by atoms with van der Waals surface area (Å²) in [7, 11) is 0. The number of ether oxygens (including phenoxy) is 1. The smallest absolute Gasteiger partial charge is 0.272 e. The highest BCUT2D eigenvalue weighted by Gasteiger charge is 2.41. The summed E-state index contributed by atoms with van der Waals surface area (Å²) in [5.41, 5.74) is 0.975. The summed E-state index contributed by atoms with van der Waals surface area (Å²) in [6, 6.07) is 6.95. The van der Waals surface area contributed by atoms with E-state index in [0.717, 1.165) is 5.56 Å². The summed E-state index contributed by atoms with van der Waals surface area (Å²) >= 11 is 3.73. The second-order valence-corrected chi connectivity index (χ2v) is 6.76. The predicted octanol–water partition coefficient (Wildman–Crippen LogP) is 3.96. The fourth-order valence-electron chi connectivity index (χ4n) is 3.12. The molecule has 1 aromatic carbocycles. The van der Waals surface area contributed by atoms with Gasteiger partial charge in [0.1, 0.15) is 0 Å². The lowest BCUT2D eigenvalue weighted by molar-refractivity contribution is -0.385. The van der Waals surface area contributed by atoms with Gasteiger partial charge in [-0.25, -0.2) is 0 Å². The summed E-state index contributed by atoms with van der Waals surface area (Å²) in [6.07, 6.45) is 1.06. The van der Waals surface area contributed by atoms with E-state index in [0.29, 0.717) is 18.3 Å². The number of para-hydroxylation sites is 1. The SMILES string of the molecule is CC1OC(C)C(C(Br)Cc2ccccc2[N+](=O)[O-])C1C. The average molecular weight is 342 g/mol. The van der Waals surface area contributed by atoms with E-state index in [4.69, 9.17) is 4.74 Å². The molecule has 0 aromatic heterocycles. The Morgan fingerprint density at radius 1 is 1.30 bits per heavy atom. The summed E-state index contributed by atoms with van der Waals surface area (Å²) < 4.78 is 5.86. The number of benzene rings is 1. The van der Waals surface area contributed by atoms with Crippen molar-refractivity contribution in [2.24, 2.45) is 11.8 Å². The Hall–Kier alpha value is -0.940. The van der Waals surface area contributed by atoms with E-state index in [9.17, 15) is 10.1 Å². The molecule has 1 saturated heterocycles. The van der Waals surface area contributed by atoms with Gasteiger partial charge in [-0.1, -0.05) is 41.1 Å². The molecule has 0 spiro atoms. The van der Waals surface area contributed by atoms with E-state index in [1.807, 2.05) is 12.1 Å². The molecule has 5 heteroatoms. The van der Waals surface area contributed by atoms with Crippen molar-refractivity contribution in [1.29, 1.82) is 0 Å². The lowest BCUT2D eigenvalue weighted by Gasteiger charge is -2.24. The minimum Gasteiger partial charge on any atom is -0.375 e. The number of alkyl halides is 1. The van der Waals surface area contributed by atoms with Crippen molar-refractivity contribution in [2.45, 2.75) is 44.2 Å². The number of hydrogen-bond donors (Lipinski definition) is 0. The first-order chi connectivity index (χ1) is 9.41. The van der Waals surface area contributed by atoms with E-state index in [-0.39, 0.29) is 27.6 Å². The molecule has 1 aromatic rings. The van der Waals surface area contributed by atoms with E-state index >= 15 is 0 Å². The fraction of sp³-hybridized carbons (Fsp3) is 0.600. The van der Waals surface area contributed by atoms with Crippen molar-refractivity contribution in [2.75, 3.05) is 0 Å². The molecule has 0 N–H and O–H groups in total. The minimum atomic E-state index is -0.310. The van der Waals surface area contributed by atoms with E-state index in [1.165, 1.54) is 0 Å². The molecule has 0 saturated carbocycles. The van der Waals surface area contributed by atoms with Crippen LogP contribution in [0.5, 0.6) is 0 Å². The minimum absolute atomic E-state index is 0.173. The zero-order valence-electron chi connectivity index (χ0n) is 12.0. The molecule has 0 amide bonds. The largest absolute Gasteiger partial charge is 0.375 e. The van der Waals surface area contributed by atoms with Crippen LogP contribution in [0.3, 0.4) is 0 Å². The molecule has 20 heavy (non-hydrogen) atoms. The van der Waals surface area contributed by atoms with Crippen LogP contribution < -0.4 is 0 Å². The molecule has 5 atom stereocenters. The average Bonchev–Trinajstić information content (AvgIpc) is 2.63. The highest BCUT2D eigenvalue weighted by Crippen LogP contribution is 2.39. The Morgan fingerprint density at radius 2 is 1.95 bits per heavy atom. The molecule has 5 unspecified atom stereocenters. The van der Waals surface area contributed by atoms with Crippen LogP contribution in [0.2, 0.25) is 0 Å². The van der Waals surface area contributed by atoms with Gasteiger partial charge in [0.15, 0.2) is 0 Å². The van der Waals surface area contributed by atoms with Gasteiger partial charge in [0.05, 0.1) is 17.1 Å². The van der Waals surface area contributed by atoms with Gasteiger partial charge < -0.3 is 4.74 Å². The van der Waals surface area contributed by atoms with Crippen molar-refractivity contribution >= 4 is 21.6 Å². The Morgan fingerprint density at radius 3 is 2.50 bits per heavy atom. The van der Waals surface area contributed by atoms with Crippen LogP contribution in [0.1, 0.15) is 26.3 Å². The van der Waals surface area contributed by atoms with Crippen molar-refractivity contribution in [3.8, 4) is 0 Å². The molecule has 0 bridgehead atoms. The molecule has 1 aliphatic heterocycles. The highest BCUT2D eigenvalue weighted by molar-refractivity contribution is 9.09. The molecule has 1 fully saturated rings. The van der Waals surface area contributed by atoms with Gasteiger partial charge in [-0.2, -0.15) is 0 Å². The van der Waals surface area contributed by atoms with Gasteiger partial charge in [0.2, 0.25) is 0 Å². The Labute approximate surface area is 127 Å². The fourth-order valence-corrected chi connectivity index (χ4v) is 4.38. The summed E-state index contributed by atoms with van der Waals surface area (Å²) in [5.74, 6) is 0.807. The predicted molar refractivity (Wildman–Crippen MR) is 82.2 cm³/mol. The third-order valence-electron chi connectivity index (χ3n) is 4.34. The van der Waals surface area contributed by atoms with Crippen LogP contribution in [-0.2, 0) is 11.2 Å². The molecule has 110 valence electrons. The maximum atomic E-state index is 11.1. The van der Waals surface area contributed by atoms with Gasteiger partial charge in [0, 0.05) is 22.4 Å². The lowest BCUT2D eigenvalue weighted by Crippen LogP contribution is -2.28. The summed E-state index contributed by atoms with van der Waals surface area (Å²) in [6.45, 7) is 6.36. The number of nitrogens with zero attached hydrogens (tertiary/aromatic N) is 1. The van der Waals surface area contributed by atoms with Gasteiger partial charge in [-0.3, -0.25) is 10.1 Å². The quantitative estimate of drug-likeness (QED) is 0.473. The monoisotopic (exact) mass is 341 g/mol. The molecule has 1 heterocycles. The van der Waals surface area contributed by atoms with E-state index < -0.39 is 0 Å². The Bertz CT molecular complexity index is 494. The Balaban J connectivity index is 2.16. The number of halogens is 1. The van der Waals surface area contributed by atoms with Crippen molar-refractivity contribution < 1.29 is 9.66 Å². The van der Waals surface area contributed by atoms with E-state index in [1.54, 1.807) is 12.1 Å². The second kappa shape index (κ2) is 6.22. The molecule has 2 rings (SSSR count). The first kappa shape index (κ1) is 15.4. The number of rotatable bonds is 4. The van der Waals surface area contributed by atoms with Gasteiger partial charge >= 0.3 is 0 Å². The molecule has 0 aliphatic carbocycles. The zero-order valence-corrected chi connectivity index (χ0v) is 13.5. The normalized spacial score (nSPS) is 31.2. The third-order valence-corrected chi connectivity index (χ3v) is 5.27. The number of nitro groups is 1. The van der Waals surface area contributed by atoms with Crippen LogP contribution in [0.15, 0.2) is 24.3 Å². The number of nitro benzene ring substituents is 1. The van der Waals surface area contributed by atoms with Crippen LogP contribution in [0.25, 0.3) is 0 Å². The second-order valence-electron chi connectivity index (χ2n) is 5.59. The van der Waals surface area contributed by atoms with Gasteiger partial charge in [0.25, 0.3) is 5.69 Å². The summed E-state index contributed by atoms with van der Waals surface area (Å²) in [4.78, 5) is 10.9. The third kappa shape index (κ3) is 3.04. The van der Waals surface area contributed by atoms with Crippen LogP contribution in [-0.4, -0.2) is 22.0 Å². The first-order valence-electron chi connectivity index (χ1n) is 6.93. The highest BCUT2D eigenvalue weighted by atomic mass is 79.9. The maximum absolute atomic E-state index is 11.1. The molecule has 1 aliphatic rings. The topological polar surface area (TPSA) is 52.4 Å². The van der Waals surface area contributed by atoms with Crippen molar-refractivity contribution in [1.82, 2.24) is 0 Å². The zero-order chi connectivity index (χ0) is 14.9. The van der Waals surface area contributed by atoms with E-state index in [2.05, 4.69) is 36.7 Å².